The van der Waals surface area contributed by atoms with Gasteiger partial charge in [-0.15, -0.1) is 0 Å². The van der Waals surface area contributed by atoms with Gasteiger partial charge in [-0.05, 0) is 48.4 Å². The van der Waals surface area contributed by atoms with E-state index < -0.39 is 10.0 Å². The lowest BCUT2D eigenvalue weighted by Crippen LogP contribution is -2.40. The molecule has 0 saturated carbocycles. The highest BCUT2D eigenvalue weighted by Gasteiger charge is 2.20. The van der Waals surface area contributed by atoms with Crippen molar-refractivity contribution in [2.75, 3.05) is 29.4 Å². The van der Waals surface area contributed by atoms with Crippen LogP contribution in [0.15, 0.2) is 53.0 Å². The monoisotopic (exact) mass is 484 g/mol. The highest BCUT2D eigenvalue weighted by Crippen LogP contribution is 2.22. The van der Waals surface area contributed by atoms with Gasteiger partial charge in [-0.1, -0.05) is 46.3 Å². The van der Waals surface area contributed by atoms with Gasteiger partial charge in [0.1, 0.15) is 6.54 Å². The van der Waals surface area contributed by atoms with Crippen LogP contribution in [0.25, 0.3) is 0 Å². The number of carbonyl (C=O) groups is 1. The first-order valence-corrected chi connectivity index (χ1v) is 12.7. The molecule has 0 unspecified atom stereocenters. The molecule has 0 radical (unpaired) electrons. The maximum absolute atomic E-state index is 12.2. The summed E-state index contributed by atoms with van der Waals surface area (Å²) >= 11 is 5.15. The number of sulfonamides is 1. The van der Waals surface area contributed by atoms with E-state index in [-0.39, 0.29) is 12.5 Å². The van der Waals surface area contributed by atoms with Crippen LogP contribution in [0.4, 0.5) is 5.69 Å². The van der Waals surface area contributed by atoms with Crippen LogP contribution in [-0.4, -0.2) is 39.4 Å². The number of nitrogens with one attached hydrogen (secondary N) is 1. The zero-order valence-electron chi connectivity index (χ0n) is 16.0. The molecule has 2 aromatic rings. The number of nitrogens with zero attached hydrogens (tertiary/aromatic N) is 1. The Kier molecular flexibility index (Phi) is 8.85. The number of benzene rings is 2. The normalized spacial score (nSPS) is 11.2. The number of anilines is 1. The number of thioether (sulfide) groups is 1. The Balaban J connectivity index is 1.76. The van der Waals surface area contributed by atoms with Gasteiger partial charge in [0.15, 0.2) is 0 Å². The largest absolute Gasteiger partial charge is 0.354 e. The van der Waals surface area contributed by atoms with Crippen LogP contribution in [0, 0.1) is 6.92 Å². The highest BCUT2D eigenvalue weighted by molar-refractivity contribution is 9.10. The second-order valence-electron chi connectivity index (χ2n) is 6.43. The van der Waals surface area contributed by atoms with Gasteiger partial charge >= 0.3 is 0 Å². The van der Waals surface area contributed by atoms with E-state index in [0.717, 1.165) is 33.0 Å². The van der Waals surface area contributed by atoms with Crippen molar-refractivity contribution in [2.45, 2.75) is 19.1 Å². The topological polar surface area (TPSA) is 66.5 Å². The summed E-state index contributed by atoms with van der Waals surface area (Å²) in [6, 6.07) is 15.2. The lowest BCUT2D eigenvalue weighted by Gasteiger charge is -2.22. The molecule has 0 atom stereocenters. The van der Waals surface area contributed by atoms with Crippen LogP contribution >= 0.6 is 27.7 Å². The van der Waals surface area contributed by atoms with Gasteiger partial charge in [-0.2, -0.15) is 11.8 Å². The summed E-state index contributed by atoms with van der Waals surface area (Å²) in [4.78, 5) is 12.2. The van der Waals surface area contributed by atoms with Gasteiger partial charge < -0.3 is 5.32 Å². The van der Waals surface area contributed by atoms with E-state index in [9.17, 15) is 13.2 Å². The van der Waals surface area contributed by atoms with Gasteiger partial charge in [0.2, 0.25) is 15.9 Å². The molecule has 2 aromatic carbocycles. The summed E-state index contributed by atoms with van der Waals surface area (Å²) in [6.07, 6.45) is 1.93. The predicted octanol–water partition coefficient (Wildman–Crippen LogP) is 3.96. The minimum absolute atomic E-state index is 0.231. The SMILES string of the molecule is Cc1ccccc1CSCCCNC(=O)CN(c1cccc(Br)c1)S(C)(=O)=O. The van der Waals surface area contributed by atoms with Crippen LogP contribution in [-0.2, 0) is 20.6 Å². The molecule has 0 fully saturated rings. The number of amides is 1. The van der Waals surface area contributed by atoms with Crippen molar-refractivity contribution in [3.63, 3.8) is 0 Å². The van der Waals surface area contributed by atoms with Crippen LogP contribution in [0.5, 0.6) is 0 Å². The zero-order valence-corrected chi connectivity index (χ0v) is 19.2. The Morgan fingerprint density at radius 2 is 1.93 bits per heavy atom. The molecule has 8 heteroatoms. The summed E-state index contributed by atoms with van der Waals surface area (Å²) in [6.45, 7) is 2.40. The second kappa shape index (κ2) is 10.9. The van der Waals surface area contributed by atoms with Crippen molar-refractivity contribution in [3.8, 4) is 0 Å². The van der Waals surface area contributed by atoms with Crippen LogP contribution in [0.3, 0.4) is 0 Å². The van der Waals surface area contributed by atoms with E-state index >= 15 is 0 Å². The van der Waals surface area contributed by atoms with E-state index in [1.165, 1.54) is 11.1 Å². The molecular weight excluding hydrogens is 460 g/mol. The summed E-state index contributed by atoms with van der Waals surface area (Å²) in [5.74, 6) is 1.57. The Morgan fingerprint density at radius 3 is 2.61 bits per heavy atom. The van der Waals surface area contributed by atoms with Gasteiger partial charge in [-0.25, -0.2) is 8.42 Å². The zero-order chi connectivity index (χ0) is 20.6. The van der Waals surface area contributed by atoms with Crippen molar-refractivity contribution >= 4 is 49.3 Å². The lowest BCUT2D eigenvalue weighted by molar-refractivity contribution is -0.119. The molecular formula is C20H25BrN2O3S2. The molecule has 152 valence electrons. The van der Waals surface area contributed by atoms with E-state index in [4.69, 9.17) is 0 Å². The molecule has 0 aliphatic rings. The smallest absolute Gasteiger partial charge is 0.240 e. The molecule has 0 saturated heterocycles. The first kappa shape index (κ1) is 22.8. The minimum Gasteiger partial charge on any atom is -0.354 e. The summed E-state index contributed by atoms with van der Waals surface area (Å²) < 4.78 is 26.0. The Labute approximate surface area is 180 Å². The third-order valence-electron chi connectivity index (χ3n) is 4.09. The van der Waals surface area contributed by atoms with Crippen molar-refractivity contribution in [2.24, 2.45) is 0 Å². The molecule has 2 rings (SSSR count). The fourth-order valence-electron chi connectivity index (χ4n) is 2.57. The molecule has 0 aliphatic heterocycles. The molecule has 5 nitrogen and oxygen atoms in total. The van der Waals surface area contributed by atoms with Gasteiger partial charge in [0, 0.05) is 16.8 Å². The van der Waals surface area contributed by atoms with Crippen molar-refractivity contribution in [1.82, 2.24) is 5.32 Å². The number of halogens is 1. The Hall–Kier alpha value is -1.51. The van der Waals surface area contributed by atoms with Gasteiger partial charge in [-0.3, -0.25) is 9.10 Å². The first-order valence-electron chi connectivity index (χ1n) is 8.89. The number of hydrogen-bond acceptors (Lipinski definition) is 4. The molecule has 0 aromatic heterocycles. The second-order valence-corrected chi connectivity index (χ2v) is 10.4. The molecule has 1 N–H and O–H groups in total. The Morgan fingerprint density at radius 1 is 1.18 bits per heavy atom. The molecule has 0 heterocycles. The fourth-order valence-corrected chi connectivity index (χ4v) is 4.85. The number of rotatable bonds is 10. The quantitative estimate of drug-likeness (QED) is 0.518. The molecule has 0 spiro atoms. The predicted molar refractivity (Wildman–Crippen MR) is 121 cm³/mol. The summed E-state index contributed by atoms with van der Waals surface area (Å²) in [5.41, 5.74) is 3.08. The van der Waals surface area contributed by atoms with Crippen molar-refractivity contribution in [1.29, 1.82) is 0 Å². The Bertz CT molecular complexity index is 904. The highest BCUT2D eigenvalue weighted by atomic mass is 79.9. The standard InChI is InChI=1S/C20H25BrN2O3S2/c1-16-7-3-4-8-17(16)15-27-12-6-11-22-20(24)14-23(28(2,25)26)19-10-5-9-18(21)13-19/h3-5,7-10,13H,6,11-12,14-15H2,1-2H3,(H,22,24). The van der Waals surface area contributed by atoms with Crippen molar-refractivity contribution in [3.05, 3.63) is 64.1 Å². The summed E-state index contributed by atoms with van der Waals surface area (Å²) in [7, 11) is -3.56. The molecule has 0 bridgehead atoms. The molecule has 1 amide bonds. The van der Waals surface area contributed by atoms with E-state index in [2.05, 4.69) is 40.3 Å². The van der Waals surface area contributed by atoms with Crippen molar-refractivity contribution < 1.29 is 13.2 Å². The lowest BCUT2D eigenvalue weighted by atomic mass is 10.1. The van der Waals surface area contributed by atoms with E-state index in [1.807, 2.05) is 23.9 Å². The number of carbonyl (C=O) groups excluding carboxylic acids is 1. The third kappa shape index (κ3) is 7.48. The number of hydrogen-bond donors (Lipinski definition) is 1. The number of aryl methyl sites for hydroxylation is 1. The van der Waals surface area contributed by atoms with E-state index in [1.54, 1.807) is 24.3 Å². The minimum atomic E-state index is -3.56. The first-order chi connectivity index (χ1) is 13.3. The average Bonchev–Trinajstić information content (AvgIpc) is 2.63. The van der Waals surface area contributed by atoms with Gasteiger partial charge in [0.25, 0.3) is 0 Å². The molecule has 28 heavy (non-hydrogen) atoms. The third-order valence-corrected chi connectivity index (χ3v) is 6.82. The average molecular weight is 485 g/mol. The van der Waals surface area contributed by atoms with Crippen LogP contribution < -0.4 is 9.62 Å². The maximum Gasteiger partial charge on any atom is 0.240 e. The van der Waals surface area contributed by atoms with Gasteiger partial charge in [0.05, 0.1) is 11.9 Å². The van der Waals surface area contributed by atoms with Crippen LogP contribution in [0.2, 0.25) is 0 Å². The maximum atomic E-state index is 12.2. The fraction of sp³-hybridized carbons (Fsp3) is 0.350. The summed E-state index contributed by atoms with van der Waals surface area (Å²) in [5, 5.41) is 2.81. The van der Waals surface area contributed by atoms with Crippen LogP contribution in [0.1, 0.15) is 17.5 Å². The van der Waals surface area contributed by atoms with E-state index in [0.29, 0.717) is 12.2 Å². The molecule has 0 aliphatic carbocycles.